The summed E-state index contributed by atoms with van der Waals surface area (Å²) >= 11 is 0. The average molecular weight is 442 g/mol. The van der Waals surface area contributed by atoms with E-state index in [1.165, 1.54) is 0 Å². The monoisotopic (exact) mass is 441 g/mol. The second-order valence-corrected chi connectivity index (χ2v) is 9.11. The normalized spacial score (nSPS) is 24.1. The molecule has 0 bridgehead atoms. The number of nitrogens with zero attached hydrogens (tertiary/aromatic N) is 1. The number of carbonyl (C=O) groups is 1. The van der Waals surface area contributed by atoms with Crippen molar-refractivity contribution in [2.24, 2.45) is 17.8 Å². The minimum atomic E-state index is -0.313. The van der Waals surface area contributed by atoms with Gasteiger partial charge in [-0.25, -0.2) is 4.39 Å². The number of fused-ring (bicyclic) bond motifs is 1. The van der Waals surface area contributed by atoms with Crippen LogP contribution in [-0.2, 0) is 11.3 Å². The van der Waals surface area contributed by atoms with Gasteiger partial charge >= 0.3 is 0 Å². The molecule has 0 N–H and O–H groups in total. The minimum absolute atomic E-state index is 0.0219. The quantitative estimate of drug-likeness (QED) is 0.428. The molecule has 3 aromatic carbocycles. The lowest BCUT2D eigenvalue weighted by Crippen LogP contribution is -2.31. The van der Waals surface area contributed by atoms with Crippen LogP contribution < -0.4 is 4.74 Å². The molecule has 33 heavy (non-hydrogen) atoms. The van der Waals surface area contributed by atoms with E-state index in [0.29, 0.717) is 12.1 Å². The van der Waals surface area contributed by atoms with E-state index in [0.717, 1.165) is 28.9 Å². The summed E-state index contributed by atoms with van der Waals surface area (Å²) in [4.78, 5) is 15.4. The zero-order valence-electron chi connectivity index (χ0n) is 18.9. The number of allylic oxidation sites excluding steroid dienone is 1. The number of hydrogen-bond donors (Lipinski definition) is 0. The average Bonchev–Trinajstić information content (AvgIpc) is 3.12. The van der Waals surface area contributed by atoms with Crippen molar-refractivity contribution in [2.45, 2.75) is 25.9 Å². The van der Waals surface area contributed by atoms with Gasteiger partial charge < -0.3 is 9.64 Å². The number of hydrogen-bond acceptors (Lipinski definition) is 2. The molecule has 4 heteroatoms. The number of likely N-dealkylation sites (tertiary alicyclic amines) is 1. The first-order valence-electron chi connectivity index (χ1n) is 11.5. The molecule has 5 rings (SSSR count). The predicted octanol–water partition coefficient (Wildman–Crippen LogP) is 6.41. The van der Waals surface area contributed by atoms with Gasteiger partial charge in [0, 0.05) is 23.9 Å². The van der Waals surface area contributed by atoms with E-state index in [2.05, 4.69) is 19.1 Å². The SMILES string of the molecule is COc1ccc(-c2ccc([C@H]3[C@H]4C=CC[C@@H](C)[C@@H]4C(=O)N3Cc3ccccc3)c(F)c2)cc1. The van der Waals surface area contributed by atoms with Gasteiger partial charge in [0.05, 0.1) is 13.2 Å². The largest absolute Gasteiger partial charge is 0.497 e. The third-order valence-corrected chi connectivity index (χ3v) is 7.10. The molecule has 0 aromatic heterocycles. The van der Waals surface area contributed by atoms with Crippen LogP contribution in [0.25, 0.3) is 11.1 Å². The smallest absolute Gasteiger partial charge is 0.227 e. The molecule has 1 amide bonds. The second kappa shape index (κ2) is 8.86. The van der Waals surface area contributed by atoms with Gasteiger partial charge in [0.1, 0.15) is 11.6 Å². The molecule has 1 heterocycles. The molecule has 3 aromatic rings. The summed E-state index contributed by atoms with van der Waals surface area (Å²) in [5.41, 5.74) is 3.38. The number of halogens is 1. The summed E-state index contributed by atoms with van der Waals surface area (Å²) in [6.07, 6.45) is 5.18. The van der Waals surface area contributed by atoms with Crippen molar-refractivity contribution in [3.63, 3.8) is 0 Å². The van der Waals surface area contributed by atoms with Crippen molar-refractivity contribution in [3.8, 4) is 16.9 Å². The first kappa shape index (κ1) is 21.4. The van der Waals surface area contributed by atoms with E-state index in [1.54, 1.807) is 13.2 Å². The minimum Gasteiger partial charge on any atom is -0.497 e. The highest BCUT2D eigenvalue weighted by Crippen LogP contribution is 2.49. The van der Waals surface area contributed by atoms with Crippen molar-refractivity contribution in [1.29, 1.82) is 0 Å². The van der Waals surface area contributed by atoms with Crippen LogP contribution in [0.5, 0.6) is 5.75 Å². The van der Waals surface area contributed by atoms with Crippen LogP contribution in [0.15, 0.2) is 84.9 Å². The maximum absolute atomic E-state index is 15.6. The fraction of sp³-hybridized carbons (Fsp3) is 0.276. The molecule has 1 fully saturated rings. The maximum Gasteiger partial charge on any atom is 0.227 e. The lowest BCUT2D eigenvalue weighted by Gasteiger charge is -2.30. The van der Waals surface area contributed by atoms with Crippen LogP contribution >= 0.6 is 0 Å². The Hall–Kier alpha value is -3.40. The van der Waals surface area contributed by atoms with Crippen LogP contribution in [0, 0.1) is 23.6 Å². The van der Waals surface area contributed by atoms with Gasteiger partial charge in [-0.1, -0.05) is 73.7 Å². The molecule has 1 saturated heterocycles. The van der Waals surface area contributed by atoms with Crippen LogP contribution in [0.1, 0.15) is 30.5 Å². The molecule has 2 aliphatic rings. The van der Waals surface area contributed by atoms with Gasteiger partial charge in [-0.15, -0.1) is 0 Å². The fourth-order valence-corrected chi connectivity index (χ4v) is 5.40. The highest BCUT2D eigenvalue weighted by molar-refractivity contribution is 5.83. The number of ether oxygens (including phenoxy) is 1. The summed E-state index contributed by atoms with van der Waals surface area (Å²) in [5.74, 6) is 0.741. The van der Waals surface area contributed by atoms with E-state index in [9.17, 15) is 4.79 Å². The van der Waals surface area contributed by atoms with E-state index in [-0.39, 0.29) is 35.5 Å². The van der Waals surface area contributed by atoms with Crippen molar-refractivity contribution in [1.82, 2.24) is 4.90 Å². The first-order valence-corrected chi connectivity index (χ1v) is 11.5. The number of rotatable bonds is 5. The molecule has 3 nitrogen and oxygen atoms in total. The Labute approximate surface area is 194 Å². The highest BCUT2D eigenvalue weighted by Gasteiger charge is 2.50. The summed E-state index contributed by atoms with van der Waals surface area (Å²) < 4.78 is 20.9. The molecule has 0 unspecified atom stereocenters. The Morgan fingerprint density at radius 1 is 1.00 bits per heavy atom. The molecular formula is C29H28FNO2. The predicted molar refractivity (Wildman–Crippen MR) is 128 cm³/mol. The van der Waals surface area contributed by atoms with Crippen molar-refractivity contribution >= 4 is 5.91 Å². The Bertz CT molecular complexity index is 1170. The Morgan fingerprint density at radius 2 is 1.73 bits per heavy atom. The molecular weight excluding hydrogens is 413 g/mol. The van der Waals surface area contributed by atoms with Crippen LogP contribution in [-0.4, -0.2) is 17.9 Å². The fourth-order valence-electron chi connectivity index (χ4n) is 5.40. The van der Waals surface area contributed by atoms with Crippen LogP contribution in [0.2, 0.25) is 0 Å². The van der Waals surface area contributed by atoms with E-state index in [1.807, 2.05) is 71.6 Å². The summed E-state index contributed by atoms with van der Waals surface area (Å²) in [6, 6.07) is 22.7. The van der Waals surface area contributed by atoms with Crippen molar-refractivity contribution in [3.05, 3.63) is 102 Å². The Kier molecular flexibility index (Phi) is 5.76. The Morgan fingerprint density at radius 3 is 2.42 bits per heavy atom. The molecule has 4 atom stereocenters. The third-order valence-electron chi connectivity index (χ3n) is 7.10. The Balaban J connectivity index is 1.53. The maximum atomic E-state index is 15.6. The standard InChI is InChI=1S/C29H28FNO2/c1-19-7-6-10-25-27(19)29(32)31(18-20-8-4-3-5-9-20)28(25)24-16-13-22(17-26(24)30)21-11-14-23(33-2)15-12-21/h3-6,8-17,19,25,27-28H,7,18H2,1-2H3/t19-,25+,27+,28+/m1/s1. The van der Waals surface area contributed by atoms with E-state index in [4.69, 9.17) is 4.74 Å². The zero-order valence-corrected chi connectivity index (χ0v) is 18.9. The van der Waals surface area contributed by atoms with Crippen LogP contribution in [0.4, 0.5) is 4.39 Å². The van der Waals surface area contributed by atoms with Crippen molar-refractivity contribution in [2.75, 3.05) is 7.11 Å². The van der Waals surface area contributed by atoms with Gasteiger partial charge in [0.2, 0.25) is 5.91 Å². The number of benzene rings is 3. The van der Waals surface area contributed by atoms with Gasteiger partial charge in [0.25, 0.3) is 0 Å². The summed E-state index contributed by atoms with van der Waals surface area (Å²) in [6.45, 7) is 2.61. The summed E-state index contributed by atoms with van der Waals surface area (Å²) in [5, 5.41) is 0. The topological polar surface area (TPSA) is 29.5 Å². The first-order chi connectivity index (χ1) is 16.1. The number of methoxy groups -OCH3 is 1. The highest BCUT2D eigenvalue weighted by atomic mass is 19.1. The molecule has 168 valence electrons. The number of amides is 1. The van der Waals surface area contributed by atoms with Crippen LogP contribution in [0.3, 0.4) is 0 Å². The van der Waals surface area contributed by atoms with E-state index >= 15 is 4.39 Å². The van der Waals surface area contributed by atoms with Gasteiger partial charge in [-0.2, -0.15) is 0 Å². The van der Waals surface area contributed by atoms with Gasteiger partial charge in [0.15, 0.2) is 0 Å². The van der Waals surface area contributed by atoms with Crippen molar-refractivity contribution < 1.29 is 13.9 Å². The molecule has 0 radical (unpaired) electrons. The number of carbonyl (C=O) groups excluding carboxylic acids is 1. The molecule has 0 saturated carbocycles. The third kappa shape index (κ3) is 3.95. The molecule has 1 aliphatic carbocycles. The van der Waals surface area contributed by atoms with E-state index < -0.39 is 0 Å². The lowest BCUT2D eigenvalue weighted by molar-refractivity contribution is -0.134. The summed E-state index contributed by atoms with van der Waals surface area (Å²) in [7, 11) is 1.63. The molecule has 0 spiro atoms. The van der Waals surface area contributed by atoms with Gasteiger partial charge in [-0.3, -0.25) is 4.79 Å². The van der Waals surface area contributed by atoms with Gasteiger partial charge in [-0.05, 0) is 47.2 Å². The zero-order chi connectivity index (χ0) is 22.9. The second-order valence-electron chi connectivity index (χ2n) is 9.11. The lowest BCUT2D eigenvalue weighted by atomic mass is 9.75. The molecule has 1 aliphatic heterocycles.